The number of amides is 1. The van der Waals surface area contributed by atoms with Crippen LogP contribution in [-0.2, 0) is 11.8 Å². The van der Waals surface area contributed by atoms with Crippen LogP contribution in [0.4, 0.5) is 0 Å². The van der Waals surface area contributed by atoms with Gasteiger partial charge in [0.1, 0.15) is 6.04 Å². The van der Waals surface area contributed by atoms with Crippen LogP contribution in [0.15, 0.2) is 12.4 Å². The monoisotopic (exact) mass is 274 g/mol. The molecule has 0 bridgehead atoms. The maximum atomic E-state index is 12.0. The number of carbonyl (C=O) groups is 1. The number of aryl methyl sites for hydroxylation is 1. The minimum absolute atomic E-state index is 0. The predicted molar refractivity (Wildman–Crippen MR) is 74.7 cm³/mol. The number of rotatable bonds is 4. The highest BCUT2D eigenvalue weighted by Crippen LogP contribution is 2.14. The molecule has 0 aliphatic rings. The predicted octanol–water partition coefficient (Wildman–Crippen LogP) is 1.26. The minimum Gasteiger partial charge on any atom is -0.354 e. The van der Waals surface area contributed by atoms with Crippen LogP contribution in [-0.4, -0.2) is 29.3 Å². The number of nitrogens with zero attached hydrogens (tertiary/aromatic N) is 2. The molecule has 6 heteroatoms. The number of nitrogens with one attached hydrogen (secondary N) is 2. The Balaban J connectivity index is 0.00000289. The molecule has 104 valence electrons. The molecule has 18 heavy (non-hydrogen) atoms. The van der Waals surface area contributed by atoms with Crippen LogP contribution < -0.4 is 10.6 Å². The van der Waals surface area contributed by atoms with Crippen molar-refractivity contribution in [1.82, 2.24) is 20.4 Å². The van der Waals surface area contributed by atoms with E-state index in [2.05, 4.69) is 36.5 Å². The van der Waals surface area contributed by atoms with E-state index < -0.39 is 0 Å². The van der Waals surface area contributed by atoms with Crippen molar-refractivity contribution in [2.45, 2.75) is 26.8 Å². The molecular weight excluding hydrogens is 252 g/mol. The lowest BCUT2D eigenvalue weighted by Crippen LogP contribution is -2.39. The Morgan fingerprint density at radius 2 is 2.11 bits per heavy atom. The fraction of sp³-hybridized carbons (Fsp3) is 0.667. The summed E-state index contributed by atoms with van der Waals surface area (Å²) in [7, 11) is 3.61. The lowest BCUT2D eigenvalue weighted by atomic mass is 9.96. The van der Waals surface area contributed by atoms with Crippen molar-refractivity contribution in [3.63, 3.8) is 0 Å². The second-order valence-electron chi connectivity index (χ2n) is 5.45. The largest absolute Gasteiger partial charge is 0.354 e. The summed E-state index contributed by atoms with van der Waals surface area (Å²) in [5.74, 6) is -0.0181. The summed E-state index contributed by atoms with van der Waals surface area (Å²) in [6, 6.07) is -0.342. The Kier molecular flexibility index (Phi) is 6.35. The van der Waals surface area contributed by atoms with Crippen molar-refractivity contribution >= 4 is 18.3 Å². The molecule has 0 aromatic carbocycles. The summed E-state index contributed by atoms with van der Waals surface area (Å²) >= 11 is 0. The molecule has 2 N–H and O–H groups in total. The molecule has 1 atom stereocenters. The van der Waals surface area contributed by atoms with Crippen LogP contribution in [0.5, 0.6) is 0 Å². The first-order valence-electron chi connectivity index (χ1n) is 5.77. The van der Waals surface area contributed by atoms with E-state index in [1.54, 1.807) is 17.9 Å². The molecule has 0 saturated carbocycles. The number of hydrogen-bond donors (Lipinski definition) is 2. The van der Waals surface area contributed by atoms with E-state index >= 15 is 0 Å². The molecule has 1 aromatic heterocycles. The first-order chi connectivity index (χ1) is 7.83. The Morgan fingerprint density at radius 3 is 2.50 bits per heavy atom. The van der Waals surface area contributed by atoms with E-state index in [0.717, 1.165) is 5.56 Å². The molecule has 5 nitrogen and oxygen atoms in total. The van der Waals surface area contributed by atoms with Gasteiger partial charge in [0.15, 0.2) is 0 Å². The van der Waals surface area contributed by atoms with E-state index in [4.69, 9.17) is 0 Å². The second kappa shape index (κ2) is 6.75. The summed E-state index contributed by atoms with van der Waals surface area (Å²) in [6.45, 7) is 6.92. The number of halogens is 1. The Morgan fingerprint density at radius 1 is 1.50 bits per heavy atom. The van der Waals surface area contributed by atoms with Gasteiger partial charge >= 0.3 is 0 Å². The van der Waals surface area contributed by atoms with Crippen molar-refractivity contribution in [1.29, 1.82) is 0 Å². The van der Waals surface area contributed by atoms with Gasteiger partial charge in [0.05, 0.1) is 6.20 Å². The Labute approximate surface area is 115 Å². The van der Waals surface area contributed by atoms with Crippen LogP contribution in [0, 0.1) is 5.41 Å². The molecular formula is C12H23ClN4O. The van der Waals surface area contributed by atoms with Crippen molar-refractivity contribution in [2.24, 2.45) is 12.5 Å². The van der Waals surface area contributed by atoms with E-state index in [0.29, 0.717) is 6.54 Å². The lowest BCUT2D eigenvalue weighted by molar-refractivity contribution is -0.123. The van der Waals surface area contributed by atoms with Gasteiger partial charge in [0.2, 0.25) is 5.91 Å². The average molecular weight is 275 g/mol. The van der Waals surface area contributed by atoms with E-state index in [-0.39, 0.29) is 29.8 Å². The van der Waals surface area contributed by atoms with Crippen LogP contribution in [0.25, 0.3) is 0 Å². The topological polar surface area (TPSA) is 59.0 Å². The van der Waals surface area contributed by atoms with Gasteiger partial charge in [-0.05, 0) is 12.5 Å². The van der Waals surface area contributed by atoms with E-state index in [1.165, 1.54) is 0 Å². The number of hydrogen-bond acceptors (Lipinski definition) is 3. The smallest absolute Gasteiger partial charge is 0.241 e. The molecule has 0 aliphatic carbocycles. The van der Waals surface area contributed by atoms with Crippen LogP contribution >= 0.6 is 12.4 Å². The molecule has 0 radical (unpaired) electrons. The second-order valence-corrected chi connectivity index (χ2v) is 5.45. The van der Waals surface area contributed by atoms with Crippen molar-refractivity contribution in [2.75, 3.05) is 13.6 Å². The molecule has 1 heterocycles. The summed E-state index contributed by atoms with van der Waals surface area (Å²) in [4.78, 5) is 12.0. The normalized spacial score (nSPS) is 12.7. The van der Waals surface area contributed by atoms with Crippen LogP contribution in [0.3, 0.4) is 0 Å². The third-order valence-corrected chi connectivity index (χ3v) is 2.40. The number of aromatic nitrogens is 2. The summed E-state index contributed by atoms with van der Waals surface area (Å²) in [5.41, 5.74) is 0.963. The summed E-state index contributed by atoms with van der Waals surface area (Å²) in [6.07, 6.45) is 3.55. The van der Waals surface area contributed by atoms with Crippen molar-refractivity contribution in [3.8, 4) is 0 Å². The highest BCUT2D eigenvalue weighted by Gasteiger charge is 2.21. The number of likely N-dealkylation sites (N-methyl/N-ethyl adjacent to an activating group) is 1. The molecule has 0 spiro atoms. The zero-order chi connectivity index (χ0) is 13.1. The molecule has 1 aromatic rings. The quantitative estimate of drug-likeness (QED) is 0.869. The van der Waals surface area contributed by atoms with Crippen LogP contribution in [0.1, 0.15) is 32.4 Å². The van der Waals surface area contributed by atoms with Gasteiger partial charge in [-0.1, -0.05) is 20.8 Å². The summed E-state index contributed by atoms with van der Waals surface area (Å²) < 4.78 is 1.69. The SMILES string of the molecule is CNC(C(=O)NCC(C)(C)C)c1cnn(C)c1.Cl. The Hall–Kier alpha value is -1.07. The zero-order valence-electron chi connectivity index (χ0n) is 11.7. The Bertz CT molecular complexity index is 384. The van der Waals surface area contributed by atoms with Crippen molar-refractivity contribution in [3.05, 3.63) is 18.0 Å². The van der Waals surface area contributed by atoms with Gasteiger partial charge in [0, 0.05) is 25.4 Å². The fourth-order valence-corrected chi connectivity index (χ4v) is 1.49. The van der Waals surface area contributed by atoms with Gasteiger partial charge in [-0.2, -0.15) is 5.10 Å². The van der Waals surface area contributed by atoms with Crippen LogP contribution in [0.2, 0.25) is 0 Å². The lowest BCUT2D eigenvalue weighted by Gasteiger charge is -2.21. The third-order valence-electron chi connectivity index (χ3n) is 2.40. The maximum Gasteiger partial charge on any atom is 0.241 e. The molecule has 0 aliphatic heterocycles. The highest BCUT2D eigenvalue weighted by molar-refractivity contribution is 5.85. The van der Waals surface area contributed by atoms with E-state index in [9.17, 15) is 4.79 Å². The fourth-order valence-electron chi connectivity index (χ4n) is 1.49. The molecule has 0 fully saturated rings. The first kappa shape index (κ1) is 16.9. The highest BCUT2D eigenvalue weighted by atomic mass is 35.5. The molecule has 1 amide bonds. The maximum absolute atomic E-state index is 12.0. The molecule has 0 saturated heterocycles. The molecule has 1 rings (SSSR count). The van der Waals surface area contributed by atoms with E-state index in [1.807, 2.05) is 13.2 Å². The minimum atomic E-state index is -0.342. The van der Waals surface area contributed by atoms with Gasteiger partial charge in [-0.3, -0.25) is 9.48 Å². The number of carbonyl (C=O) groups excluding carboxylic acids is 1. The average Bonchev–Trinajstić information content (AvgIpc) is 2.62. The van der Waals surface area contributed by atoms with Gasteiger partial charge in [-0.15, -0.1) is 12.4 Å². The standard InChI is InChI=1S/C12H22N4O.ClH/c1-12(2,3)8-14-11(17)10(13-4)9-6-15-16(5)7-9;/h6-7,10,13H,8H2,1-5H3,(H,14,17);1H. The summed E-state index contributed by atoms with van der Waals surface area (Å²) in [5, 5.41) is 10.0. The molecule has 1 unspecified atom stereocenters. The third kappa shape index (κ3) is 5.06. The van der Waals surface area contributed by atoms with Gasteiger partial charge < -0.3 is 10.6 Å². The first-order valence-corrected chi connectivity index (χ1v) is 5.77. The van der Waals surface area contributed by atoms with Gasteiger partial charge in [0.25, 0.3) is 0 Å². The van der Waals surface area contributed by atoms with Crippen molar-refractivity contribution < 1.29 is 4.79 Å². The van der Waals surface area contributed by atoms with Gasteiger partial charge in [-0.25, -0.2) is 0 Å². The zero-order valence-corrected chi connectivity index (χ0v) is 12.5.